The molecule has 1 atom stereocenters. The Morgan fingerprint density at radius 1 is 1.30 bits per heavy atom. The third-order valence-electron chi connectivity index (χ3n) is 4.63. The van der Waals surface area contributed by atoms with Crippen molar-refractivity contribution in [2.45, 2.75) is 33.1 Å². The van der Waals surface area contributed by atoms with Crippen LogP contribution in [-0.4, -0.2) is 67.4 Å². The Kier molecular flexibility index (Phi) is 5.40. The number of likely N-dealkylation sites (tertiary alicyclic amines) is 1. The van der Waals surface area contributed by atoms with Gasteiger partial charge in [-0.2, -0.15) is 0 Å². The number of hydrogen-bond donors (Lipinski definition) is 1. The lowest BCUT2D eigenvalue weighted by Crippen LogP contribution is -3.14. The van der Waals surface area contributed by atoms with Crippen molar-refractivity contribution in [3.8, 4) is 0 Å². The summed E-state index contributed by atoms with van der Waals surface area (Å²) in [7, 11) is 0. The molecule has 2 heterocycles. The number of piperazine rings is 1. The highest BCUT2D eigenvalue weighted by Crippen LogP contribution is 2.20. The van der Waals surface area contributed by atoms with Gasteiger partial charge in [-0.15, -0.1) is 0 Å². The van der Waals surface area contributed by atoms with Crippen molar-refractivity contribution in [3.63, 3.8) is 0 Å². The molecule has 0 unspecified atom stereocenters. The first-order valence-electron chi connectivity index (χ1n) is 8.05. The van der Waals surface area contributed by atoms with Gasteiger partial charge in [0.25, 0.3) is 0 Å². The lowest BCUT2D eigenvalue weighted by molar-refractivity contribution is -0.902. The number of rotatable bonds is 5. The fourth-order valence-corrected chi connectivity index (χ4v) is 3.16. The second kappa shape index (κ2) is 7.07. The molecule has 0 saturated carbocycles. The maximum Gasteiger partial charge on any atom is 0.228 e. The van der Waals surface area contributed by atoms with E-state index in [9.17, 15) is 9.59 Å². The normalized spacial score (nSPS) is 24.5. The summed E-state index contributed by atoms with van der Waals surface area (Å²) in [4.78, 5) is 29.8. The van der Waals surface area contributed by atoms with Crippen LogP contribution in [0.3, 0.4) is 0 Å². The fraction of sp³-hybridized carbons (Fsp3) is 0.867. The number of amides is 2. The predicted octanol–water partition coefficient (Wildman–Crippen LogP) is -0.618. The molecule has 2 amide bonds. The number of nitrogens with zero attached hydrogens (tertiary/aromatic N) is 2. The number of carbonyl (C=O) groups excluding carboxylic acids is 2. The van der Waals surface area contributed by atoms with Gasteiger partial charge in [-0.1, -0.05) is 13.3 Å². The molecule has 2 rings (SSSR count). The fourth-order valence-electron chi connectivity index (χ4n) is 3.16. The molecule has 0 radical (unpaired) electrons. The molecule has 20 heavy (non-hydrogen) atoms. The highest BCUT2D eigenvalue weighted by atomic mass is 16.2. The van der Waals surface area contributed by atoms with Crippen LogP contribution in [0.15, 0.2) is 0 Å². The Morgan fingerprint density at radius 3 is 2.60 bits per heavy atom. The SMILES string of the molecule is CCCCN1C[C@H](C(=O)N2CC[NH+](CC)CC2)CC1=O. The van der Waals surface area contributed by atoms with E-state index in [1.807, 2.05) is 9.80 Å². The third-order valence-corrected chi connectivity index (χ3v) is 4.63. The lowest BCUT2D eigenvalue weighted by Gasteiger charge is -2.33. The van der Waals surface area contributed by atoms with Gasteiger partial charge in [0.05, 0.1) is 38.6 Å². The van der Waals surface area contributed by atoms with Crippen molar-refractivity contribution in [2.75, 3.05) is 45.8 Å². The van der Waals surface area contributed by atoms with Crippen molar-refractivity contribution >= 4 is 11.8 Å². The maximum absolute atomic E-state index is 12.5. The molecule has 0 spiro atoms. The smallest absolute Gasteiger partial charge is 0.228 e. The van der Waals surface area contributed by atoms with E-state index in [1.54, 1.807) is 4.90 Å². The highest BCUT2D eigenvalue weighted by Gasteiger charge is 2.37. The minimum atomic E-state index is -0.0949. The van der Waals surface area contributed by atoms with Gasteiger partial charge in [0.15, 0.2) is 0 Å². The minimum Gasteiger partial charge on any atom is -0.342 e. The van der Waals surface area contributed by atoms with Crippen LogP contribution < -0.4 is 4.90 Å². The van der Waals surface area contributed by atoms with Crippen LogP contribution in [0.4, 0.5) is 0 Å². The molecule has 2 aliphatic heterocycles. The highest BCUT2D eigenvalue weighted by molar-refractivity contribution is 5.89. The molecule has 5 heteroatoms. The van der Waals surface area contributed by atoms with Crippen molar-refractivity contribution in [2.24, 2.45) is 5.92 Å². The van der Waals surface area contributed by atoms with E-state index in [0.717, 1.165) is 52.1 Å². The first-order chi connectivity index (χ1) is 9.65. The van der Waals surface area contributed by atoms with Gasteiger partial charge < -0.3 is 14.7 Å². The Labute approximate surface area is 121 Å². The zero-order valence-electron chi connectivity index (χ0n) is 12.9. The molecular formula is C15H28N3O2+. The first kappa shape index (κ1) is 15.3. The average Bonchev–Trinajstić information content (AvgIpc) is 2.85. The zero-order chi connectivity index (χ0) is 14.5. The van der Waals surface area contributed by atoms with E-state index in [0.29, 0.717) is 13.0 Å². The van der Waals surface area contributed by atoms with Crippen LogP contribution in [0, 0.1) is 5.92 Å². The molecule has 2 saturated heterocycles. The van der Waals surface area contributed by atoms with E-state index >= 15 is 0 Å². The molecule has 5 nitrogen and oxygen atoms in total. The molecule has 0 aliphatic carbocycles. The van der Waals surface area contributed by atoms with E-state index in [-0.39, 0.29) is 17.7 Å². The Bertz CT molecular complexity index is 351. The Morgan fingerprint density at radius 2 is 2.00 bits per heavy atom. The van der Waals surface area contributed by atoms with Crippen LogP contribution in [-0.2, 0) is 9.59 Å². The van der Waals surface area contributed by atoms with Crippen molar-refractivity contribution < 1.29 is 14.5 Å². The van der Waals surface area contributed by atoms with Crippen molar-refractivity contribution in [3.05, 3.63) is 0 Å². The third kappa shape index (κ3) is 3.51. The molecule has 2 aliphatic rings. The van der Waals surface area contributed by atoms with Gasteiger partial charge in [-0.05, 0) is 13.3 Å². The average molecular weight is 282 g/mol. The summed E-state index contributed by atoms with van der Waals surface area (Å²) in [6.45, 7) is 10.7. The minimum absolute atomic E-state index is 0.0949. The second-order valence-electron chi connectivity index (χ2n) is 6.02. The number of carbonyl (C=O) groups is 2. The van der Waals surface area contributed by atoms with Crippen molar-refractivity contribution in [1.29, 1.82) is 0 Å². The van der Waals surface area contributed by atoms with Gasteiger partial charge in [0.2, 0.25) is 11.8 Å². The van der Waals surface area contributed by atoms with Crippen LogP contribution in [0.2, 0.25) is 0 Å². The molecule has 0 bridgehead atoms. The Hall–Kier alpha value is -1.10. The van der Waals surface area contributed by atoms with Crippen LogP contribution >= 0.6 is 0 Å². The van der Waals surface area contributed by atoms with Crippen LogP contribution in [0.1, 0.15) is 33.1 Å². The topological polar surface area (TPSA) is 45.1 Å². The number of likely N-dealkylation sites (N-methyl/N-ethyl adjacent to an activating group) is 1. The summed E-state index contributed by atoms with van der Waals surface area (Å²) in [6.07, 6.45) is 2.54. The molecular weight excluding hydrogens is 254 g/mol. The summed E-state index contributed by atoms with van der Waals surface area (Å²) in [5.74, 6) is 0.268. The predicted molar refractivity (Wildman–Crippen MR) is 77.4 cm³/mol. The molecule has 0 aromatic carbocycles. The number of quaternary nitrogens is 1. The molecule has 1 N–H and O–H groups in total. The molecule has 0 aromatic heterocycles. The first-order valence-corrected chi connectivity index (χ1v) is 8.05. The number of hydrogen-bond acceptors (Lipinski definition) is 2. The van der Waals surface area contributed by atoms with Gasteiger partial charge in [0, 0.05) is 19.5 Å². The van der Waals surface area contributed by atoms with Crippen LogP contribution in [0.5, 0.6) is 0 Å². The molecule has 0 aromatic rings. The quantitative estimate of drug-likeness (QED) is 0.731. The second-order valence-corrected chi connectivity index (χ2v) is 6.02. The van der Waals surface area contributed by atoms with Gasteiger partial charge in [0.1, 0.15) is 0 Å². The van der Waals surface area contributed by atoms with E-state index in [4.69, 9.17) is 0 Å². The van der Waals surface area contributed by atoms with E-state index in [1.165, 1.54) is 0 Å². The standard InChI is InChI=1S/C15H27N3O2/c1-3-5-6-18-12-13(11-14(18)19)15(20)17-9-7-16(4-2)8-10-17/h13H,3-12H2,1-2H3/p+1/t13-/m1/s1. The zero-order valence-corrected chi connectivity index (χ0v) is 12.9. The monoisotopic (exact) mass is 282 g/mol. The summed E-state index contributed by atoms with van der Waals surface area (Å²) >= 11 is 0. The summed E-state index contributed by atoms with van der Waals surface area (Å²) in [6, 6.07) is 0. The Balaban J connectivity index is 1.83. The molecule has 2 fully saturated rings. The van der Waals surface area contributed by atoms with Gasteiger partial charge in [-0.25, -0.2) is 0 Å². The summed E-state index contributed by atoms with van der Waals surface area (Å²) in [5, 5.41) is 0. The summed E-state index contributed by atoms with van der Waals surface area (Å²) < 4.78 is 0. The van der Waals surface area contributed by atoms with Crippen LogP contribution in [0.25, 0.3) is 0 Å². The maximum atomic E-state index is 12.5. The number of nitrogens with one attached hydrogen (secondary N) is 1. The number of unbranched alkanes of at least 4 members (excludes halogenated alkanes) is 1. The van der Waals surface area contributed by atoms with Gasteiger partial charge in [-0.3, -0.25) is 9.59 Å². The van der Waals surface area contributed by atoms with Crippen molar-refractivity contribution in [1.82, 2.24) is 9.80 Å². The summed E-state index contributed by atoms with van der Waals surface area (Å²) in [5.41, 5.74) is 0. The van der Waals surface area contributed by atoms with Gasteiger partial charge >= 0.3 is 0 Å². The van der Waals surface area contributed by atoms with E-state index < -0.39 is 0 Å². The van der Waals surface area contributed by atoms with E-state index in [2.05, 4.69) is 13.8 Å². The molecule has 114 valence electrons. The largest absolute Gasteiger partial charge is 0.342 e. The lowest BCUT2D eigenvalue weighted by atomic mass is 10.1.